The predicted octanol–water partition coefficient (Wildman–Crippen LogP) is 2.70. The molecule has 0 spiro atoms. The van der Waals surface area contributed by atoms with Crippen LogP contribution in [-0.2, 0) is 9.53 Å². The molecule has 0 aromatic heterocycles. The van der Waals surface area contributed by atoms with Crippen molar-refractivity contribution in [2.45, 2.75) is 45.4 Å². The third-order valence-corrected chi connectivity index (χ3v) is 2.08. The van der Waals surface area contributed by atoms with Crippen molar-refractivity contribution in [2.75, 3.05) is 0 Å². The third-order valence-electron chi connectivity index (χ3n) is 2.08. The molecule has 4 nitrogen and oxygen atoms in total. The minimum atomic E-state index is -4.47. The molecular formula is C11H13F3N2O2. The first-order valence-electron chi connectivity index (χ1n) is 5.23. The number of halogens is 3. The largest absolute Gasteiger partial charge is 0.463 e. The lowest BCUT2D eigenvalue weighted by molar-refractivity contribution is -0.151. The Morgan fingerprint density at radius 3 is 2.06 bits per heavy atom. The molecule has 0 fully saturated rings. The van der Waals surface area contributed by atoms with E-state index in [0.29, 0.717) is 0 Å². The standard InChI is InChI=1S/C11H13F3N2O2/c1-8(2)18-9(17)5-10(6-15,7-16)3-4-11(12,13)14/h8H,3-5H2,1-2H3. The fraction of sp³-hybridized carbons (Fsp3) is 0.727. The van der Waals surface area contributed by atoms with Gasteiger partial charge in [-0.15, -0.1) is 0 Å². The van der Waals surface area contributed by atoms with Crippen molar-refractivity contribution in [3.63, 3.8) is 0 Å². The van der Waals surface area contributed by atoms with E-state index in [1.807, 2.05) is 0 Å². The van der Waals surface area contributed by atoms with Gasteiger partial charge in [0, 0.05) is 6.42 Å². The molecule has 0 aromatic rings. The predicted molar refractivity (Wildman–Crippen MR) is 54.8 cm³/mol. The molecule has 0 rings (SSSR count). The second-order valence-electron chi connectivity index (χ2n) is 4.14. The number of alkyl halides is 3. The van der Waals surface area contributed by atoms with Crippen LogP contribution in [0.5, 0.6) is 0 Å². The highest BCUT2D eigenvalue weighted by Crippen LogP contribution is 2.33. The quantitative estimate of drug-likeness (QED) is 0.714. The van der Waals surface area contributed by atoms with E-state index in [-0.39, 0.29) is 0 Å². The Morgan fingerprint density at radius 2 is 1.72 bits per heavy atom. The molecule has 0 unspecified atom stereocenters. The molecule has 18 heavy (non-hydrogen) atoms. The summed E-state index contributed by atoms with van der Waals surface area (Å²) in [5.41, 5.74) is -1.98. The number of ether oxygens (including phenoxy) is 1. The summed E-state index contributed by atoms with van der Waals surface area (Å²) >= 11 is 0. The molecule has 0 N–H and O–H groups in total. The van der Waals surface area contributed by atoms with E-state index in [2.05, 4.69) is 0 Å². The number of carbonyl (C=O) groups is 1. The van der Waals surface area contributed by atoms with Crippen LogP contribution in [0.3, 0.4) is 0 Å². The van der Waals surface area contributed by atoms with Gasteiger partial charge in [0.15, 0.2) is 5.41 Å². The first-order chi connectivity index (χ1) is 8.14. The molecule has 0 bridgehead atoms. The first kappa shape index (κ1) is 16.2. The van der Waals surface area contributed by atoms with Crippen LogP contribution in [0.2, 0.25) is 0 Å². The van der Waals surface area contributed by atoms with Crippen molar-refractivity contribution in [3.05, 3.63) is 0 Å². The van der Waals surface area contributed by atoms with Gasteiger partial charge in [-0.3, -0.25) is 4.79 Å². The zero-order valence-corrected chi connectivity index (χ0v) is 10.0. The Kier molecular flexibility index (Phi) is 5.64. The zero-order valence-electron chi connectivity index (χ0n) is 10.0. The molecule has 0 aliphatic carbocycles. The van der Waals surface area contributed by atoms with Crippen molar-refractivity contribution >= 4 is 5.97 Å². The molecule has 0 atom stereocenters. The van der Waals surface area contributed by atoms with E-state index < -0.39 is 42.9 Å². The van der Waals surface area contributed by atoms with E-state index in [4.69, 9.17) is 15.3 Å². The summed E-state index contributed by atoms with van der Waals surface area (Å²) in [4.78, 5) is 11.3. The van der Waals surface area contributed by atoms with Gasteiger partial charge in [-0.05, 0) is 20.3 Å². The van der Waals surface area contributed by atoms with Gasteiger partial charge in [0.2, 0.25) is 0 Å². The van der Waals surface area contributed by atoms with Gasteiger partial charge in [0.25, 0.3) is 0 Å². The average molecular weight is 262 g/mol. The van der Waals surface area contributed by atoms with Gasteiger partial charge in [-0.2, -0.15) is 23.7 Å². The van der Waals surface area contributed by atoms with Crippen LogP contribution < -0.4 is 0 Å². The van der Waals surface area contributed by atoms with Gasteiger partial charge in [-0.25, -0.2) is 0 Å². The lowest BCUT2D eigenvalue weighted by Gasteiger charge is -2.19. The molecule has 0 saturated heterocycles. The highest BCUT2D eigenvalue weighted by Gasteiger charge is 2.39. The van der Waals surface area contributed by atoms with Crippen LogP contribution in [0, 0.1) is 28.1 Å². The number of rotatable bonds is 5. The highest BCUT2D eigenvalue weighted by molar-refractivity contribution is 5.71. The summed E-state index contributed by atoms with van der Waals surface area (Å²) in [6.45, 7) is 3.13. The topological polar surface area (TPSA) is 73.9 Å². The molecule has 0 aliphatic heterocycles. The van der Waals surface area contributed by atoms with Crippen LogP contribution >= 0.6 is 0 Å². The molecule has 100 valence electrons. The van der Waals surface area contributed by atoms with Gasteiger partial charge >= 0.3 is 12.1 Å². The Bertz CT molecular complexity index is 363. The molecule has 7 heteroatoms. The summed E-state index contributed by atoms with van der Waals surface area (Å²) in [6.07, 6.45) is -7.61. The summed E-state index contributed by atoms with van der Waals surface area (Å²) in [7, 11) is 0. The normalized spacial score (nSPS) is 11.8. The number of nitrogens with zero attached hydrogens (tertiary/aromatic N) is 2. The maximum absolute atomic E-state index is 12.1. The van der Waals surface area contributed by atoms with Crippen molar-refractivity contribution in [2.24, 2.45) is 5.41 Å². The smallest absolute Gasteiger partial charge is 0.389 e. The Balaban J connectivity index is 4.70. The van der Waals surface area contributed by atoms with Crippen molar-refractivity contribution in [3.8, 4) is 12.1 Å². The lowest BCUT2D eigenvalue weighted by Crippen LogP contribution is -2.26. The minimum absolute atomic E-state index is 0.449. The minimum Gasteiger partial charge on any atom is -0.463 e. The molecule has 0 heterocycles. The SMILES string of the molecule is CC(C)OC(=O)CC(C#N)(C#N)CCC(F)(F)F. The lowest BCUT2D eigenvalue weighted by atomic mass is 9.83. The number of hydrogen-bond donors (Lipinski definition) is 0. The van der Waals surface area contributed by atoms with E-state index >= 15 is 0 Å². The third kappa shape index (κ3) is 6.09. The summed E-state index contributed by atoms with van der Waals surface area (Å²) < 4.78 is 40.9. The number of carbonyl (C=O) groups excluding carboxylic acids is 1. The van der Waals surface area contributed by atoms with Gasteiger partial charge in [-0.1, -0.05) is 0 Å². The van der Waals surface area contributed by atoms with Gasteiger partial charge < -0.3 is 4.74 Å². The molecule has 0 aromatic carbocycles. The van der Waals surface area contributed by atoms with Crippen LogP contribution in [0.25, 0.3) is 0 Å². The van der Waals surface area contributed by atoms with Crippen molar-refractivity contribution < 1.29 is 22.7 Å². The van der Waals surface area contributed by atoms with Gasteiger partial charge in [0.1, 0.15) is 0 Å². The zero-order chi connectivity index (χ0) is 14.4. The van der Waals surface area contributed by atoms with Gasteiger partial charge in [0.05, 0.1) is 24.7 Å². The number of esters is 1. The Hall–Kier alpha value is -1.76. The van der Waals surface area contributed by atoms with E-state index in [1.165, 1.54) is 12.1 Å². The van der Waals surface area contributed by atoms with Crippen LogP contribution in [-0.4, -0.2) is 18.2 Å². The molecular weight excluding hydrogens is 249 g/mol. The molecule has 0 aliphatic rings. The Morgan fingerprint density at radius 1 is 1.22 bits per heavy atom. The number of hydrogen-bond acceptors (Lipinski definition) is 4. The number of nitriles is 2. The second kappa shape index (κ2) is 6.25. The molecule has 0 radical (unpaired) electrons. The molecule has 0 amide bonds. The van der Waals surface area contributed by atoms with Crippen molar-refractivity contribution in [1.29, 1.82) is 10.5 Å². The fourth-order valence-corrected chi connectivity index (χ4v) is 1.21. The molecule has 0 saturated carbocycles. The van der Waals surface area contributed by atoms with Crippen LogP contribution in [0.4, 0.5) is 13.2 Å². The first-order valence-corrected chi connectivity index (χ1v) is 5.23. The van der Waals surface area contributed by atoms with E-state index in [0.717, 1.165) is 0 Å². The summed E-state index contributed by atoms with van der Waals surface area (Å²) in [5, 5.41) is 17.6. The summed E-state index contributed by atoms with van der Waals surface area (Å²) in [6, 6.07) is 2.96. The second-order valence-corrected chi connectivity index (χ2v) is 4.14. The van der Waals surface area contributed by atoms with Crippen molar-refractivity contribution in [1.82, 2.24) is 0 Å². The fourth-order valence-electron chi connectivity index (χ4n) is 1.21. The maximum Gasteiger partial charge on any atom is 0.389 e. The summed E-state index contributed by atoms with van der Waals surface area (Å²) in [5.74, 6) is -0.852. The highest BCUT2D eigenvalue weighted by atomic mass is 19.4. The van der Waals surface area contributed by atoms with E-state index in [9.17, 15) is 18.0 Å². The Labute approximate surface area is 103 Å². The maximum atomic E-state index is 12.1. The van der Waals surface area contributed by atoms with Crippen LogP contribution in [0.1, 0.15) is 33.1 Å². The van der Waals surface area contributed by atoms with Crippen LogP contribution in [0.15, 0.2) is 0 Å². The average Bonchev–Trinajstić information content (AvgIpc) is 2.22. The monoisotopic (exact) mass is 262 g/mol. The van der Waals surface area contributed by atoms with E-state index in [1.54, 1.807) is 13.8 Å².